The van der Waals surface area contributed by atoms with Crippen molar-refractivity contribution in [3.05, 3.63) is 54.2 Å². The first kappa shape index (κ1) is 33.6. The summed E-state index contributed by atoms with van der Waals surface area (Å²) in [4.78, 5) is 66.1. The van der Waals surface area contributed by atoms with Crippen LogP contribution in [0.2, 0.25) is 0 Å². The van der Waals surface area contributed by atoms with E-state index >= 15 is 0 Å². The van der Waals surface area contributed by atoms with Gasteiger partial charge in [0.05, 0.1) is 12.4 Å². The molecule has 2 heterocycles. The zero-order chi connectivity index (χ0) is 32.2. The van der Waals surface area contributed by atoms with Crippen molar-refractivity contribution in [2.45, 2.75) is 70.1 Å². The Kier molecular flexibility index (Phi) is 12.3. The van der Waals surface area contributed by atoms with Gasteiger partial charge < -0.3 is 48.2 Å². The molecule has 3 aromatic rings. The number of fused-ring (bicyclic) bond motifs is 1. The number of nitrogens with zero attached hydrogens (tertiary/aromatic N) is 2. The number of carbonyl (C=O) groups excluding carboxylic acids is 3. The van der Waals surface area contributed by atoms with Crippen molar-refractivity contribution in [2.75, 3.05) is 6.54 Å². The quantitative estimate of drug-likeness (QED) is 0.0548. The summed E-state index contributed by atoms with van der Waals surface area (Å²) in [6.45, 7) is 3.75. The Balaban J connectivity index is 1.85. The standard InChI is InChI=1S/C29H42N10O5/c1-3-16(2)24(28(43)44)39-27(42)23(11-17-13-35-21-8-5-4-7-19(17)21)38-26(41)22(9-6-10-34-29(31)32)37-25(40)20(30)12-18-14-33-15-36-18/h4-5,7-8,13-16,20,22-24,35H,3,6,9-12,30H2,1-2H3,(H,33,36)(H,37,40)(H,38,41)(H,39,42)(H,43,44)(H4,31,32,34). The normalized spacial score (nSPS) is 14.5. The lowest BCUT2D eigenvalue weighted by Crippen LogP contribution is -2.58. The van der Waals surface area contributed by atoms with Gasteiger partial charge in [-0.15, -0.1) is 0 Å². The third-order valence-corrected chi connectivity index (χ3v) is 7.42. The SMILES string of the molecule is CCC(C)C(NC(=O)C(Cc1c[nH]c2ccccc12)NC(=O)C(CCCN=C(N)N)NC(=O)C(N)Cc1cnc[nH]1)C(=O)O. The highest BCUT2D eigenvalue weighted by Gasteiger charge is 2.32. The first-order chi connectivity index (χ1) is 21.0. The number of carboxylic acids is 1. The summed E-state index contributed by atoms with van der Waals surface area (Å²) in [6, 6.07) is 3.08. The lowest BCUT2D eigenvalue weighted by atomic mass is 9.97. The van der Waals surface area contributed by atoms with Crippen molar-refractivity contribution < 1.29 is 24.3 Å². The van der Waals surface area contributed by atoms with Gasteiger partial charge in [-0.2, -0.15) is 0 Å². The number of imidazole rings is 1. The first-order valence-corrected chi connectivity index (χ1v) is 14.5. The Morgan fingerprint density at radius 2 is 1.70 bits per heavy atom. The number of aliphatic carboxylic acids is 1. The molecule has 15 nitrogen and oxygen atoms in total. The maximum Gasteiger partial charge on any atom is 0.326 e. The van der Waals surface area contributed by atoms with Gasteiger partial charge >= 0.3 is 5.97 Å². The van der Waals surface area contributed by atoms with E-state index in [1.807, 2.05) is 31.2 Å². The number of guanidine groups is 1. The van der Waals surface area contributed by atoms with Crippen LogP contribution in [-0.4, -0.2) is 80.4 Å². The largest absolute Gasteiger partial charge is 0.480 e. The van der Waals surface area contributed by atoms with Gasteiger partial charge in [0.1, 0.15) is 18.1 Å². The second-order valence-corrected chi connectivity index (χ2v) is 10.7. The highest BCUT2D eigenvalue weighted by Crippen LogP contribution is 2.20. The summed E-state index contributed by atoms with van der Waals surface area (Å²) in [5, 5.41) is 18.6. The lowest BCUT2D eigenvalue weighted by molar-refractivity contribution is -0.143. The van der Waals surface area contributed by atoms with E-state index in [1.165, 1.54) is 6.33 Å². The predicted octanol–water partition coefficient (Wildman–Crippen LogP) is -0.358. The van der Waals surface area contributed by atoms with E-state index in [1.54, 1.807) is 19.3 Å². The number of rotatable bonds is 17. The van der Waals surface area contributed by atoms with Gasteiger partial charge in [0, 0.05) is 48.4 Å². The zero-order valence-corrected chi connectivity index (χ0v) is 24.9. The molecule has 12 N–H and O–H groups in total. The molecule has 0 spiro atoms. The molecule has 15 heteroatoms. The summed E-state index contributed by atoms with van der Waals surface area (Å²) in [6.07, 6.45) is 5.95. The number of amides is 3. The number of hydrogen-bond donors (Lipinski definition) is 9. The third-order valence-electron chi connectivity index (χ3n) is 7.42. The number of nitrogens with two attached hydrogens (primary N) is 3. The van der Waals surface area contributed by atoms with Crippen LogP contribution in [-0.2, 0) is 32.0 Å². The van der Waals surface area contributed by atoms with E-state index in [9.17, 15) is 24.3 Å². The second kappa shape index (κ2) is 16.1. The number of aliphatic imine (C=N–C) groups is 1. The molecule has 0 aliphatic heterocycles. The van der Waals surface area contributed by atoms with Gasteiger partial charge in [0.15, 0.2) is 5.96 Å². The Hall–Kier alpha value is -4.92. The van der Waals surface area contributed by atoms with Gasteiger partial charge in [-0.05, 0) is 30.4 Å². The van der Waals surface area contributed by atoms with Crippen molar-refractivity contribution in [1.29, 1.82) is 0 Å². The van der Waals surface area contributed by atoms with Crippen molar-refractivity contribution in [3.63, 3.8) is 0 Å². The van der Waals surface area contributed by atoms with Gasteiger partial charge in [-0.3, -0.25) is 19.4 Å². The Morgan fingerprint density at radius 3 is 2.36 bits per heavy atom. The molecule has 2 aromatic heterocycles. The van der Waals surface area contributed by atoms with Gasteiger partial charge in [0.2, 0.25) is 17.7 Å². The maximum atomic E-state index is 13.7. The second-order valence-electron chi connectivity index (χ2n) is 10.7. The van der Waals surface area contributed by atoms with E-state index in [0.29, 0.717) is 18.5 Å². The number of hydrogen-bond acceptors (Lipinski definition) is 7. The minimum atomic E-state index is -1.18. The molecule has 238 valence electrons. The minimum absolute atomic E-state index is 0.0580. The monoisotopic (exact) mass is 610 g/mol. The summed E-state index contributed by atoms with van der Waals surface area (Å²) in [5.74, 6) is -3.55. The van der Waals surface area contributed by atoms with Crippen LogP contribution in [0.25, 0.3) is 10.9 Å². The average molecular weight is 611 g/mol. The number of nitrogens with one attached hydrogen (secondary N) is 5. The molecule has 0 radical (unpaired) electrons. The van der Waals surface area contributed by atoms with Crippen LogP contribution < -0.4 is 33.2 Å². The molecular formula is C29H42N10O5. The Bertz CT molecular complexity index is 1430. The Morgan fingerprint density at radius 1 is 1.00 bits per heavy atom. The zero-order valence-electron chi connectivity index (χ0n) is 24.9. The van der Waals surface area contributed by atoms with Crippen LogP contribution >= 0.6 is 0 Å². The molecule has 5 atom stereocenters. The molecule has 0 aliphatic rings. The fourth-order valence-electron chi connectivity index (χ4n) is 4.72. The number of carbonyl (C=O) groups is 4. The molecule has 3 amide bonds. The molecule has 0 bridgehead atoms. The molecule has 0 saturated heterocycles. The smallest absolute Gasteiger partial charge is 0.326 e. The van der Waals surface area contributed by atoms with E-state index in [4.69, 9.17) is 17.2 Å². The minimum Gasteiger partial charge on any atom is -0.480 e. The molecule has 5 unspecified atom stereocenters. The van der Waals surface area contributed by atoms with Crippen LogP contribution in [0.4, 0.5) is 0 Å². The van der Waals surface area contributed by atoms with Gasteiger partial charge in [-0.25, -0.2) is 9.78 Å². The fraction of sp³-hybridized carbons (Fsp3) is 0.448. The van der Waals surface area contributed by atoms with E-state index in [0.717, 1.165) is 16.5 Å². The highest BCUT2D eigenvalue weighted by molar-refractivity contribution is 5.95. The van der Waals surface area contributed by atoms with Gasteiger partial charge in [0.25, 0.3) is 0 Å². The summed E-state index contributed by atoms with van der Waals surface area (Å²) in [5.41, 5.74) is 19.2. The van der Waals surface area contributed by atoms with Crippen LogP contribution in [0, 0.1) is 5.92 Å². The van der Waals surface area contributed by atoms with Crippen molar-refractivity contribution in [3.8, 4) is 0 Å². The number of carboxylic acid groups (broad SMARTS) is 1. The number of aromatic amines is 2. The fourth-order valence-corrected chi connectivity index (χ4v) is 4.72. The predicted molar refractivity (Wildman–Crippen MR) is 165 cm³/mol. The summed E-state index contributed by atoms with van der Waals surface area (Å²) >= 11 is 0. The molecule has 0 saturated carbocycles. The van der Waals surface area contributed by atoms with Crippen molar-refractivity contribution >= 4 is 40.6 Å². The third kappa shape index (κ3) is 9.55. The van der Waals surface area contributed by atoms with Crippen LogP contribution in [0.1, 0.15) is 44.4 Å². The average Bonchev–Trinajstić information content (AvgIpc) is 3.66. The molecule has 0 fully saturated rings. The van der Waals surface area contributed by atoms with E-state index < -0.39 is 47.9 Å². The number of benzene rings is 1. The topological polar surface area (TPSA) is 259 Å². The van der Waals surface area contributed by atoms with Crippen molar-refractivity contribution in [2.24, 2.45) is 28.1 Å². The number of aromatic nitrogens is 3. The van der Waals surface area contributed by atoms with E-state index in [2.05, 4.69) is 35.9 Å². The van der Waals surface area contributed by atoms with Crippen molar-refractivity contribution in [1.82, 2.24) is 30.9 Å². The first-order valence-electron chi connectivity index (χ1n) is 14.5. The lowest BCUT2D eigenvalue weighted by Gasteiger charge is -2.26. The Labute approximate surface area is 254 Å². The molecule has 3 rings (SSSR count). The van der Waals surface area contributed by atoms with Crippen LogP contribution in [0.15, 0.2) is 48.0 Å². The molecule has 44 heavy (non-hydrogen) atoms. The van der Waals surface area contributed by atoms with E-state index in [-0.39, 0.29) is 37.7 Å². The van der Waals surface area contributed by atoms with Crippen LogP contribution in [0.3, 0.4) is 0 Å². The molecule has 0 aliphatic carbocycles. The summed E-state index contributed by atoms with van der Waals surface area (Å²) in [7, 11) is 0. The highest BCUT2D eigenvalue weighted by atomic mass is 16.4. The maximum absolute atomic E-state index is 13.7. The molecular weight excluding hydrogens is 568 g/mol. The van der Waals surface area contributed by atoms with Crippen LogP contribution in [0.5, 0.6) is 0 Å². The number of para-hydroxylation sites is 1. The summed E-state index contributed by atoms with van der Waals surface area (Å²) < 4.78 is 0. The van der Waals surface area contributed by atoms with Gasteiger partial charge in [-0.1, -0.05) is 38.5 Å². The molecule has 1 aromatic carbocycles. The number of H-pyrrole nitrogens is 2.